The van der Waals surface area contributed by atoms with E-state index in [-0.39, 0.29) is 22.4 Å². The van der Waals surface area contributed by atoms with Crippen LogP contribution in [0, 0.1) is 16.0 Å². The summed E-state index contributed by atoms with van der Waals surface area (Å²) < 4.78 is 10.7. The van der Waals surface area contributed by atoms with Crippen LogP contribution < -0.4 is 19.7 Å². The van der Waals surface area contributed by atoms with Crippen molar-refractivity contribution in [1.29, 1.82) is 0 Å². The maximum Gasteiger partial charge on any atom is 0.292 e. The molecule has 154 valence electrons. The molecule has 2 aromatic rings. The number of carbonyl (C=O) groups is 1. The molecule has 0 spiro atoms. The minimum absolute atomic E-state index is 0.00513. The van der Waals surface area contributed by atoms with Crippen LogP contribution in [0.1, 0.15) is 12.8 Å². The summed E-state index contributed by atoms with van der Waals surface area (Å²) in [5.41, 5.74) is 0.718. The number of nitro groups is 1. The summed E-state index contributed by atoms with van der Waals surface area (Å²) in [5, 5.41) is 14.1. The molecule has 1 fully saturated rings. The molecule has 29 heavy (non-hydrogen) atoms. The van der Waals surface area contributed by atoms with Gasteiger partial charge >= 0.3 is 0 Å². The zero-order valence-corrected chi connectivity index (χ0v) is 16.4. The zero-order valence-electron chi connectivity index (χ0n) is 16.4. The van der Waals surface area contributed by atoms with E-state index in [1.165, 1.54) is 6.07 Å². The predicted octanol–water partition coefficient (Wildman–Crippen LogP) is 3.02. The third-order valence-corrected chi connectivity index (χ3v) is 5.01. The van der Waals surface area contributed by atoms with Crippen LogP contribution in [0.15, 0.2) is 48.5 Å². The molecule has 2 aromatic carbocycles. The van der Waals surface area contributed by atoms with Gasteiger partial charge in [0.15, 0.2) is 0 Å². The molecule has 8 nitrogen and oxygen atoms in total. The van der Waals surface area contributed by atoms with Crippen molar-refractivity contribution < 1.29 is 19.2 Å². The number of benzene rings is 2. The Hall–Kier alpha value is -3.29. The molecule has 1 saturated heterocycles. The maximum absolute atomic E-state index is 12.4. The number of hydrogen-bond donors (Lipinski definition) is 1. The number of amides is 1. The fourth-order valence-electron chi connectivity index (χ4n) is 3.43. The van der Waals surface area contributed by atoms with Crippen LogP contribution in [-0.2, 0) is 4.79 Å². The summed E-state index contributed by atoms with van der Waals surface area (Å²) in [4.78, 5) is 25.2. The highest BCUT2D eigenvalue weighted by molar-refractivity contribution is 5.79. The molecule has 0 aromatic heterocycles. The third kappa shape index (κ3) is 5.37. The van der Waals surface area contributed by atoms with Crippen molar-refractivity contribution >= 4 is 17.3 Å². The number of ether oxygens (including phenoxy) is 2. The van der Waals surface area contributed by atoms with Crippen LogP contribution in [0.4, 0.5) is 11.4 Å². The van der Waals surface area contributed by atoms with E-state index in [2.05, 4.69) is 5.32 Å². The van der Waals surface area contributed by atoms with Gasteiger partial charge < -0.3 is 19.7 Å². The van der Waals surface area contributed by atoms with E-state index in [0.29, 0.717) is 44.8 Å². The van der Waals surface area contributed by atoms with E-state index in [9.17, 15) is 14.9 Å². The average molecular weight is 399 g/mol. The summed E-state index contributed by atoms with van der Waals surface area (Å²) in [6.45, 7) is 2.04. The lowest BCUT2D eigenvalue weighted by atomic mass is 9.95. The van der Waals surface area contributed by atoms with Gasteiger partial charge in [-0.15, -0.1) is 0 Å². The van der Waals surface area contributed by atoms with E-state index in [4.69, 9.17) is 9.47 Å². The van der Waals surface area contributed by atoms with Gasteiger partial charge in [0, 0.05) is 25.1 Å². The highest BCUT2D eigenvalue weighted by atomic mass is 16.6. The first kappa shape index (κ1) is 20.4. The van der Waals surface area contributed by atoms with Gasteiger partial charge in [0.25, 0.3) is 5.69 Å². The molecule has 0 radical (unpaired) electrons. The molecule has 1 amide bonds. The number of rotatable bonds is 8. The smallest absolute Gasteiger partial charge is 0.292 e. The Bertz CT molecular complexity index is 832. The van der Waals surface area contributed by atoms with Crippen LogP contribution in [0.25, 0.3) is 0 Å². The second-order valence-electron chi connectivity index (χ2n) is 6.82. The molecule has 1 aliphatic rings. The van der Waals surface area contributed by atoms with Crippen molar-refractivity contribution in [3.8, 4) is 11.5 Å². The SMILES string of the molecule is COc1ccc(OCCNC(=O)C2CCN(c3ccccc3[N+](=O)[O-])CC2)cc1. The van der Waals surface area contributed by atoms with Crippen LogP contribution in [0.3, 0.4) is 0 Å². The van der Waals surface area contributed by atoms with E-state index < -0.39 is 0 Å². The van der Waals surface area contributed by atoms with Gasteiger partial charge in [0.05, 0.1) is 18.6 Å². The van der Waals surface area contributed by atoms with Crippen LogP contribution in [0.2, 0.25) is 0 Å². The lowest BCUT2D eigenvalue weighted by molar-refractivity contribution is -0.384. The maximum atomic E-state index is 12.4. The van der Waals surface area contributed by atoms with Gasteiger partial charge in [-0.05, 0) is 43.2 Å². The van der Waals surface area contributed by atoms with Crippen molar-refractivity contribution in [3.05, 3.63) is 58.6 Å². The first-order valence-electron chi connectivity index (χ1n) is 9.61. The van der Waals surface area contributed by atoms with E-state index in [1.807, 2.05) is 29.2 Å². The predicted molar refractivity (Wildman–Crippen MR) is 110 cm³/mol. The number of nitrogens with one attached hydrogen (secondary N) is 1. The number of hydrogen-bond acceptors (Lipinski definition) is 6. The number of anilines is 1. The lowest BCUT2D eigenvalue weighted by Crippen LogP contribution is -2.41. The number of carbonyl (C=O) groups excluding carboxylic acids is 1. The molecule has 0 bridgehead atoms. The molecule has 1 aliphatic heterocycles. The van der Waals surface area contributed by atoms with E-state index >= 15 is 0 Å². The fourth-order valence-corrected chi connectivity index (χ4v) is 3.43. The monoisotopic (exact) mass is 399 g/mol. The van der Waals surface area contributed by atoms with Crippen LogP contribution in [0.5, 0.6) is 11.5 Å². The second-order valence-corrected chi connectivity index (χ2v) is 6.82. The Labute approximate surface area is 169 Å². The van der Waals surface area contributed by atoms with Crippen molar-refractivity contribution in [2.45, 2.75) is 12.8 Å². The standard InChI is InChI=1S/C21H25N3O5/c1-28-17-6-8-18(9-7-17)29-15-12-22-21(25)16-10-13-23(14-11-16)19-4-2-3-5-20(19)24(26)27/h2-9,16H,10-15H2,1H3,(H,22,25). The highest BCUT2D eigenvalue weighted by Gasteiger charge is 2.27. The fraction of sp³-hybridized carbons (Fsp3) is 0.381. The average Bonchev–Trinajstić information content (AvgIpc) is 2.77. The molecule has 1 heterocycles. The Morgan fingerprint density at radius 1 is 1.14 bits per heavy atom. The normalized spacial score (nSPS) is 14.3. The number of nitro benzene ring substituents is 1. The van der Waals surface area contributed by atoms with Gasteiger partial charge in [-0.3, -0.25) is 14.9 Å². The topological polar surface area (TPSA) is 93.9 Å². The number of para-hydroxylation sites is 2. The summed E-state index contributed by atoms with van der Waals surface area (Å²) in [6, 6.07) is 14.0. The minimum atomic E-state index is -0.364. The summed E-state index contributed by atoms with van der Waals surface area (Å²) in [6.07, 6.45) is 1.33. The van der Waals surface area contributed by atoms with Crippen molar-refractivity contribution in [3.63, 3.8) is 0 Å². The Kier molecular flexibility index (Phi) is 6.89. The van der Waals surface area contributed by atoms with Crippen molar-refractivity contribution in [1.82, 2.24) is 5.32 Å². The second kappa shape index (κ2) is 9.77. The molecule has 1 N–H and O–H groups in total. The highest BCUT2D eigenvalue weighted by Crippen LogP contribution is 2.31. The first-order chi connectivity index (χ1) is 14.1. The van der Waals surface area contributed by atoms with Crippen molar-refractivity contribution in [2.24, 2.45) is 5.92 Å². The van der Waals surface area contributed by atoms with Gasteiger partial charge in [0.1, 0.15) is 23.8 Å². The summed E-state index contributed by atoms with van der Waals surface area (Å²) in [5.74, 6) is 1.40. The number of piperidine rings is 1. The zero-order chi connectivity index (χ0) is 20.6. The number of methoxy groups -OCH3 is 1. The summed E-state index contributed by atoms with van der Waals surface area (Å²) in [7, 11) is 1.61. The minimum Gasteiger partial charge on any atom is -0.497 e. The Morgan fingerprint density at radius 2 is 1.79 bits per heavy atom. The molecule has 8 heteroatoms. The molecule has 3 rings (SSSR count). The van der Waals surface area contributed by atoms with Crippen LogP contribution >= 0.6 is 0 Å². The third-order valence-electron chi connectivity index (χ3n) is 5.01. The van der Waals surface area contributed by atoms with E-state index in [0.717, 1.165) is 11.5 Å². The quantitative estimate of drug-likeness (QED) is 0.417. The molecule has 0 atom stereocenters. The van der Waals surface area contributed by atoms with Gasteiger partial charge in [-0.1, -0.05) is 12.1 Å². The van der Waals surface area contributed by atoms with E-state index in [1.54, 1.807) is 25.3 Å². The number of nitrogens with zero attached hydrogens (tertiary/aromatic N) is 2. The molecule has 0 saturated carbocycles. The van der Waals surface area contributed by atoms with Gasteiger partial charge in [-0.2, -0.15) is 0 Å². The van der Waals surface area contributed by atoms with Crippen LogP contribution in [-0.4, -0.2) is 44.2 Å². The first-order valence-corrected chi connectivity index (χ1v) is 9.61. The van der Waals surface area contributed by atoms with Gasteiger partial charge in [-0.25, -0.2) is 0 Å². The molecular weight excluding hydrogens is 374 g/mol. The Balaban J connectivity index is 1.41. The lowest BCUT2D eigenvalue weighted by Gasteiger charge is -2.32. The van der Waals surface area contributed by atoms with Crippen molar-refractivity contribution in [2.75, 3.05) is 38.3 Å². The van der Waals surface area contributed by atoms with Gasteiger partial charge in [0.2, 0.25) is 5.91 Å². The molecule has 0 aliphatic carbocycles. The molecule has 0 unspecified atom stereocenters. The largest absolute Gasteiger partial charge is 0.497 e. The molecular formula is C21H25N3O5. The summed E-state index contributed by atoms with van der Waals surface area (Å²) >= 11 is 0. The Morgan fingerprint density at radius 3 is 2.45 bits per heavy atom.